The van der Waals surface area contributed by atoms with Gasteiger partial charge in [0.25, 0.3) is 5.69 Å². The van der Waals surface area contributed by atoms with Crippen molar-refractivity contribution < 1.29 is 19.2 Å². The maximum absolute atomic E-state index is 12.2. The molecule has 0 saturated heterocycles. The molecule has 24 heavy (non-hydrogen) atoms. The van der Waals surface area contributed by atoms with Crippen LogP contribution in [0, 0.1) is 10.1 Å². The van der Waals surface area contributed by atoms with Gasteiger partial charge >= 0.3 is 0 Å². The fourth-order valence-corrected chi connectivity index (χ4v) is 1.98. The highest BCUT2D eigenvalue weighted by Crippen LogP contribution is 2.25. The highest BCUT2D eigenvalue weighted by Gasteiger charge is 2.10. The summed E-state index contributed by atoms with van der Waals surface area (Å²) in [6.07, 6.45) is 2.82. The standard InChI is InChI=1S/C17H16N2O5/c1-23-14-7-8-15(17(11-14)24-2)16(20)9-10-18-12-3-5-13(6-4-12)19(21)22/h3-11,18H,1-2H3. The second kappa shape index (κ2) is 7.77. The van der Waals surface area contributed by atoms with E-state index in [1.54, 1.807) is 30.3 Å². The molecular formula is C17H16N2O5. The number of non-ortho nitro benzene ring substituents is 1. The van der Waals surface area contributed by atoms with Crippen LogP contribution in [0.1, 0.15) is 10.4 Å². The monoisotopic (exact) mass is 328 g/mol. The number of ketones is 1. The van der Waals surface area contributed by atoms with Crippen molar-refractivity contribution in [2.45, 2.75) is 0 Å². The Morgan fingerprint density at radius 3 is 2.42 bits per heavy atom. The first kappa shape index (κ1) is 17.0. The number of benzene rings is 2. The van der Waals surface area contributed by atoms with Crippen molar-refractivity contribution >= 4 is 17.2 Å². The lowest BCUT2D eigenvalue weighted by atomic mass is 10.1. The summed E-state index contributed by atoms with van der Waals surface area (Å²) < 4.78 is 10.3. The van der Waals surface area contributed by atoms with Gasteiger partial charge in [0.2, 0.25) is 0 Å². The van der Waals surface area contributed by atoms with Gasteiger partial charge in [-0.1, -0.05) is 0 Å². The Hall–Kier alpha value is -3.35. The number of ether oxygens (including phenoxy) is 2. The number of nitro groups is 1. The van der Waals surface area contributed by atoms with Gasteiger partial charge in [0, 0.05) is 36.2 Å². The maximum atomic E-state index is 12.2. The Balaban J connectivity index is 2.06. The SMILES string of the molecule is COc1ccc(C(=O)C=CNc2ccc([N+](=O)[O-])cc2)c(OC)c1. The van der Waals surface area contributed by atoms with Crippen LogP contribution in [-0.4, -0.2) is 24.9 Å². The first-order valence-corrected chi connectivity index (χ1v) is 6.99. The average Bonchev–Trinajstić information content (AvgIpc) is 2.61. The number of anilines is 1. The molecule has 124 valence electrons. The summed E-state index contributed by atoms with van der Waals surface area (Å²) in [7, 11) is 3.01. The summed E-state index contributed by atoms with van der Waals surface area (Å²) in [5, 5.41) is 13.5. The van der Waals surface area contributed by atoms with E-state index >= 15 is 0 Å². The van der Waals surface area contributed by atoms with Crippen molar-refractivity contribution in [1.29, 1.82) is 0 Å². The minimum atomic E-state index is -0.473. The molecule has 0 aliphatic heterocycles. The summed E-state index contributed by atoms with van der Waals surface area (Å²) in [6.45, 7) is 0. The molecule has 2 aromatic rings. The Morgan fingerprint density at radius 2 is 1.83 bits per heavy atom. The number of nitro benzene ring substituents is 1. The molecule has 0 heterocycles. The zero-order valence-corrected chi connectivity index (χ0v) is 13.2. The molecule has 7 heteroatoms. The van der Waals surface area contributed by atoms with Gasteiger partial charge in [0.1, 0.15) is 11.5 Å². The number of carbonyl (C=O) groups excluding carboxylic acids is 1. The van der Waals surface area contributed by atoms with E-state index in [1.807, 2.05) is 0 Å². The Labute approximate surface area is 138 Å². The van der Waals surface area contributed by atoms with E-state index in [9.17, 15) is 14.9 Å². The Kier molecular flexibility index (Phi) is 5.51. The second-order valence-electron chi connectivity index (χ2n) is 4.71. The van der Waals surface area contributed by atoms with E-state index in [2.05, 4.69) is 5.32 Å². The molecule has 1 N–H and O–H groups in total. The van der Waals surface area contributed by atoms with Crippen molar-refractivity contribution in [1.82, 2.24) is 0 Å². The summed E-state index contributed by atoms with van der Waals surface area (Å²) in [4.78, 5) is 22.3. The number of carbonyl (C=O) groups is 1. The first-order valence-electron chi connectivity index (χ1n) is 6.99. The van der Waals surface area contributed by atoms with Crippen LogP contribution < -0.4 is 14.8 Å². The molecule has 0 aliphatic carbocycles. The summed E-state index contributed by atoms with van der Waals surface area (Å²) in [5.74, 6) is 0.764. The van der Waals surface area contributed by atoms with Crippen LogP contribution in [0.15, 0.2) is 54.7 Å². The number of hydrogen-bond donors (Lipinski definition) is 1. The third-order valence-corrected chi connectivity index (χ3v) is 3.24. The molecule has 0 amide bonds. The largest absolute Gasteiger partial charge is 0.497 e. The zero-order valence-electron chi connectivity index (χ0n) is 13.2. The lowest BCUT2D eigenvalue weighted by Crippen LogP contribution is -2.00. The van der Waals surface area contributed by atoms with E-state index in [-0.39, 0.29) is 11.5 Å². The van der Waals surface area contributed by atoms with Crippen LogP contribution in [0.25, 0.3) is 0 Å². The average molecular weight is 328 g/mol. The van der Waals surface area contributed by atoms with Crippen LogP contribution in [0.5, 0.6) is 11.5 Å². The first-order chi connectivity index (χ1) is 11.5. The van der Waals surface area contributed by atoms with Crippen molar-refractivity contribution in [3.63, 3.8) is 0 Å². The summed E-state index contributed by atoms with van der Waals surface area (Å²) in [5.41, 5.74) is 1.04. The van der Waals surface area contributed by atoms with Gasteiger partial charge in [-0.2, -0.15) is 0 Å². The van der Waals surface area contributed by atoms with Gasteiger partial charge in [-0.3, -0.25) is 14.9 Å². The van der Waals surface area contributed by atoms with Gasteiger partial charge in [0.15, 0.2) is 5.78 Å². The van der Waals surface area contributed by atoms with Crippen LogP contribution in [-0.2, 0) is 0 Å². The highest BCUT2D eigenvalue weighted by molar-refractivity contribution is 6.06. The number of allylic oxidation sites excluding steroid dienone is 1. The lowest BCUT2D eigenvalue weighted by molar-refractivity contribution is -0.384. The molecule has 0 bridgehead atoms. The minimum absolute atomic E-state index is 0.00331. The maximum Gasteiger partial charge on any atom is 0.269 e. The zero-order chi connectivity index (χ0) is 17.5. The van der Waals surface area contributed by atoms with E-state index in [0.717, 1.165) is 0 Å². The van der Waals surface area contributed by atoms with E-state index in [0.29, 0.717) is 22.7 Å². The molecule has 2 aromatic carbocycles. The molecule has 7 nitrogen and oxygen atoms in total. The second-order valence-corrected chi connectivity index (χ2v) is 4.71. The molecule has 0 aliphatic rings. The van der Waals surface area contributed by atoms with Gasteiger partial charge in [-0.15, -0.1) is 0 Å². The predicted molar refractivity (Wildman–Crippen MR) is 89.7 cm³/mol. The molecule has 0 spiro atoms. The third kappa shape index (κ3) is 4.10. The molecule has 0 aromatic heterocycles. The number of nitrogens with zero attached hydrogens (tertiary/aromatic N) is 1. The number of rotatable bonds is 7. The molecule has 0 fully saturated rings. The molecule has 0 unspecified atom stereocenters. The van der Waals surface area contributed by atoms with E-state index < -0.39 is 4.92 Å². The minimum Gasteiger partial charge on any atom is -0.497 e. The Bertz CT molecular complexity index is 769. The fraction of sp³-hybridized carbons (Fsp3) is 0.118. The molecule has 2 rings (SSSR count). The molecular weight excluding hydrogens is 312 g/mol. The third-order valence-electron chi connectivity index (χ3n) is 3.24. The van der Waals surface area contributed by atoms with Crippen molar-refractivity contribution in [3.05, 3.63) is 70.4 Å². The summed E-state index contributed by atoms with van der Waals surface area (Å²) in [6, 6.07) is 10.8. The highest BCUT2D eigenvalue weighted by atomic mass is 16.6. The van der Waals surface area contributed by atoms with Crippen LogP contribution in [0.3, 0.4) is 0 Å². The van der Waals surface area contributed by atoms with E-state index in [4.69, 9.17) is 9.47 Å². The van der Waals surface area contributed by atoms with Gasteiger partial charge in [0.05, 0.1) is 24.7 Å². The smallest absolute Gasteiger partial charge is 0.269 e. The van der Waals surface area contributed by atoms with Gasteiger partial charge < -0.3 is 14.8 Å². The van der Waals surface area contributed by atoms with Crippen molar-refractivity contribution in [3.8, 4) is 11.5 Å². The lowest BCUT2D eigenvalue weighted by Gasteiger charge is -2.08. The van der Waals surface area contributed by atoms with E-state index in [1.165, 1.54) is 38.6 Å². The molecule has 0 radical (unpaired) electrons. The number of methoxy groups -OCH3 is 2. The topological polar surface area (TPSA) is 90.7 Å². The quantitative estimate of drug-likeness (QED) is 0.362. The van der Waals surface area contributed by atoms with Gasteiger partial charge in [-0.05, 0) is 24.3 Å². The summed E-state index contributed by atoms with van der Waals surface area (Å²) >= 11 is 0. The molecule has 0 saturated carbocycles. The van der Waals surface area contributed by atoms with Crippen molar-refractivity contribution in [2.75, 3.05) is 19.5 Å². The van der Waals surface area contributed by atoms with Crippen LogP contribution in [0.4, 0.5) is 11.4 Å². The normalized spacial score (nSPS) is 10.4. The Morgan fingerprint density at radius 1 is 1.12 bits per heavy atom. The molecule has 0 atom stereocenters. The van der Waals surface area contributed by atoms with Crippen LogP contribution in [0.2, 0.25) is 0 Å². The van der Waals surface area contributed by atoms with Crippen molar-refractivity contribution in [2.24, 2.45) is 0 Å². The predicted octanol–water partition coefficient (Wildman–Crippen LogP) is 3.42. The fourth-order valence-electron chi connectivity index (χ4n) is 1.98. The number of hydrogen-bond acceptors (Lipinski definition) is 6. The van der Waals surface area contributed by atoms with Crippen LogP contribution >= 0.6 is 0 Å². The number of nitrogens with one attached hydrogen (secondary N) is 1. The van der Waals surface area contributed by atoms with Gasteiger partial charge in [-0.25, -0.2) is 0 Å².